The Hall–Kier alpha value is -1.71. The first-order valence-corrected chi connectivity index (χ1v) is 5.03. The number of esters is 1. The minimum absolute atomic E-state index is 0.332. The summed E-state index contributed by atoms with van der Waals surface area (Å²) in [5, 5.41) is 0. The second-order valence-electron chi connectivity index (χ2n) is 3.24. The van der Waals surface area contributed by atoms with Crippen molar-refractivity contribution in [2.75, 3.05) is 20.8 Å². The van der Waals surface area contributed by atoms with E-state index < -0.39 is 5.97 Å². The first-order valence-electron chi connectivity index (χ1n) is 5.03. The molecule has 0 amide bonds. The third kappa shape index (κ3) is 2.45. The molecule has 0 aliphatic heterocycles. The van der Waals surface area contributed by atoms with Crippen LogP contribution in [0.25, 0.3) is 0 Å². The van der Waals surface area contributed by atoms with Crippen LogP contribution in [-0.2, 0) is 4.74 Å². The summed E-state index contributed by atoms with van der Waals surface area (Å²) in [7, 11) is 3.08. The minimum Gasteiger partial charge on any atom is -0.496 e. The van der Waals surface area contributed by atoms with E-state index in [1.165, 1.54) is 7.11 Å². The molecular weight excluding hydrogens is 208 g/mol. The van der Waals surface area contributed by atoms with Gasteiger partial charge in [0.15, 0.2) is 0 Å². The first kappa shape index (κ1) is 12.4. The fourth-order valence-corrected chi connectivity index (χ4v) is 1.42. The Kier molecular flexibility index (Phi) is 4.17. The van der Waals surface area contributed by atoms with Gasteiger partial charge in [-0.15, -0.1) is 0 Å². The fraction of sp³-hybridized carbons (Fsp3) is 0.417. The zero-order valence-electron chi connectivity index (χ0n) is 9.99. The van der Waals surface area contributed by atoms with Gasteiger partial charge in [0, 0.05) is 0 Å². The van der Waals surface area contributed by atoms with E-state index >= 15 is 0 Å². The lowest BCUT2D eigenvalue weighted by Crippen LogP contribution is -2.07. The molecule has 4 heteroatoms. The molecule has 1 aromatic rings. The van der Waals surface area contributed by atoms with Crippen molar-refractivity contribution >= 4 is 5.97 Å². The van der Waals surface area contributed by atoms with Crippen LogP contribution in [0, 0.1) is 6.92 Å². The van der Waals surface area contributed by atoms with Gasteiger partial charge >= 0.3 is 5.97 Å². The van der Waals surface area contributed by atoms with Gasteiger partial charge in [0.2, 0.25) is 0 Å². The summed E-state index contributed by atoms with van der Waals surface area (Å²) in [6.45, 7) is 3.98. The molecule has 1 rings (SSSR count). The van der Waals surface area contributed by atoms with E-state index in [4.69, 9.17) is 14.2 Å². The van der Waals surface area contributed by atoms with Crippen molar-refractivity contribution in [2.45, 2.75) is 13.8 Å². The number of aryl methyl sites for hydroxylation is 1. The van der Waals surface area contributed by atoms with E-state index in [1.807, 2.05) is 6.92 Å². The quantitative estimate of drug-likeness (QED) is 0.735. The van der Waals surface area contributed by atoms with E-state index in [2.05, 4.69) is 0 Å². The van der Waals surface area contributed by atoms with E-state index in [9.17, 15) is 4.79 Å². The Balaban J connectivity index is 3.19. The maximum atomic E-state index is 11.6. The third-order valence-corrected chi connectivity index (χ3v) is 2.21. The molecule has 0 N–H and O–H groups in total. The van der Waals surface area contributed by atoms with Crippen LogP contribution in [0.4, 0.5) is 0 Å². The Morgan fingerprint density at radius 3 is 2.31 bits per heavy atom. The largest absolute Gasteiger partial charge is 0.496 e. The molecule has 4 nitrogen and oxygen atoms in total. The molecule has 88 valence electrons. The van der Waals surface area contributed by atoms with Crippen LogP contribution in [0.2, 0.25) is 0 Å². The number of methoxy groups -OCH3 is 2. The molecule has 16 heavy (non-hydrogen) atoms. The van der Waals surface area contributed by atoms with Gasteiger partial charge in [-0.3, -0.25) is 0 Å². The van der Waals surface area contributed by atoms with Gasteiger partial charge in [0.25, 0.3) is 0 Å². The molecule has 1 aromatic carbocycles. The highest BCUT2D eigenvalue weighted by Gasteiger charge is 2.16. The molecule has 0 spiro atoms. The lowest BCUT2D eigenvalue weighted by Gasteiger charge is -2.11. The van der Waals surface area contributed by atoms with Gasteiger partial charge in [-0.1, -0.05) is 0 Å². The molecule has 0 saturated carbocycles. The molecule has 0 aromatic heterocycles. The monoisotopic (exact) mass is 224 g/mol. The maximum absolute atomic E-state index is 11.6. The van der Waals surface area contributed by atoms with E-state index in [0.29, 0.717) is 23.7 Å². The van der Waals surface area contributed by atoms with Crippen molar-refractivity contribution < 1.29 is 19.0 Å². The van der Waals surface area contributed by atoms with Crippen LogP contribution in [0.5, 0.6) is 11.5 Å². The van der Waals surface area contributed by atoms with Crippen molar-refractivity contribution in [2.24, 2.45) is 0 Å². The SMILES string of the molecule is CCOC(=O)c1cc(OC)c(C)cc1OC. The zero-order chi connectivity index (χ0) is 12.1. The minimum atomic E-state index is -0.405. The van der Waals surface area contributed by atoms with Crippen molar-refractivity contribution in [1.29, 1.82) is 0 Å². The second-order valence-corrected chi connectivity index (χ2v) is 3.24. The predicted octanol–water partition coefficient (Wildman–Crippen LogP) is 2.19. The van der Waals surface area contributed by atoms with Crippen molar-refractivity contribution in [1.82, 2.24) is 0 Å². The number of hydrogen-bond acceptors (Lipinski definition) is 4. The highest BCUT2D eigenvalue weighted by Crippen LogP contribution is 2.28. The number of carbonyl (C=O) groups is 1. The number of carbonyl (C=O) groups excluding carboxylic acids is 1. The third-order valence-electron chi connectivity index (χ3n) is 2.21. The van der Waals surface area contributed by atoms with Crippen LogP contribution >= 0.6 is 0 Å². The number of hydrogen-bond donors (Lipinski definition) is 0. The number of rotatable bonds is 4. The molecule has 0 saturated heterocycles. The first-order chi connectivity index (χ1) is 7.63. The summed E-state index contributed by atoms with van der Waals surface area (Å²) < 4.78 is 15.2. The summed E-state index contributed by atoms with van der Waals surface area (Å²) in [6.07, 6.45) is 0. The Morgan fingerprint density at radius 2 is 1.81 bits per heavy atom. The summed E-state index contributed by atoms with van der Waals surface area (Å²) >= 11 is 0. The Bertz CT molecular complexity index is 385. The van der Waals surface area contributed by atoms with Gasteiger partial charge in [0.1, 0.15) is 17.1 Å². The molecule has 0 unspecified atom stereocenters. The molecule has 0 aliphatic rings. The lowest BCUT2D eigenvalue weighted by atomic mass is 10.1. The topological polar surface area (TPSA) is 44.8 Å². The standard InChI is InChI=1S/C12H16O4/c1-5-16-12(13)9-7-10(14-3)8(2)6-11(9)15-4/h6-7H,5H2,1-4H3. The van der Waals surface area contributed by atoms with E-state index in [0.717, 1.165) is 5.56 Å². The Morgan fingerprint density at radius 1 is 1.19 bits per heavy atom. The molecule has 0 radical (unpaired) electrons. The van der Waals surface area contributed by atoms with Crippen molar-refractivity contribution in [3.63, 3.8) is 0 Å². The highest BCUT2D eigenvalue weighted by atomic mass is 16.5. The lowest BCUT2D eigenvalue weighted by molar-refractivity contribution is 0.0522. The smallest absolute Gasteiger partial charge is 0.342 e. The van der Waals surface area contributed by atoms with Gasteiger partial charge in [-0.25, -0.2) is 4.79 Å². The van der Waals surface area contributed by atoms with E-state index in [-0.39, 0.29) is 0 Å². The van der Waals surface area contributed by atoms with Crippen LogP contribution < -0.4 is 9.47 Å². The molecular formula is C12H16O4. The maximum Gasteiger partial charge on any atom is 0.342 e. The second kappa shape index (κ2) is 5.39. The summed E-state index contributed by atoms with van der Waals surface area (Å²) in [4.78, 5) is 11.6. The highest BCUT2D eigenvalue weighted by molar-refractivity contribution is 5.93. The van der Waals surface area contributed by atoms with Crippen LogP contribution in [0.3, 0.4) is 0 Å². The van der Waals surface area contributed by atoms with Gasteiger partial charge in [0.05, 0.1) is 20.8 Å². The van der Waals surface area contributed by atoms with Crippen LogP contribution in [-0.4, -0.2) is 26.8 Å². The molecule has 0 heterocycles. The van der Waals surface area contributed by atoms with Gasteiger partial charge in [-0.05, 0) is 31.5 Å². The predicted molar refractivity (Wildman–Crippen MR) is 60.2 cm³/mol. The van der Waals surface area contributed by atoms with Crippen molar-refractivity contribution in [3.8, 4) is 11.5 Å². The normalized spacial score (nSPS) is 9.75. The Labute approximate surface area is 95.1 Å². The zero-order valence-corrected chi connectivity index (χ0v) is 9.99. The van der Waals surface area contributed by atoms with Crippen LogP contribution in [0.15, 0.2) is 12.1 Å². The summed E-state index contributed by atoms with van der Waals surface area (Å²) in [5.41, 5.74) is 1.29. The molecule has 0 aliphatic carbocycles. The summed E-state index contributed by atoms with van der Waals surface area (Å²) in [5.74, 6) is 0.734. The molecule has 0 fully saturated rings. The van der Waals surface area contributed by atoms with Gasteiger partial charge < -0.3 is 14.2 Å². The summed E-state index contributed by atoms with van der Waals surface area (Å²) in [6, 6.07) is 3.39. The molecule has 0 atom stereocenters. The van der Waals surface area contributed by atoms with Crippen LogP contribution in [0.1, 0.15) is 22.8 Å². The number of ether oxygens (including phenoxy) is 3. The average molecular weight is 224 g/mol. The number of benzene rings is 1. The van der Waals surface area contributed by atoms with E-state index in [1.54, 1.807) is 26.2 Å². The van der Waals surface area contributed by atoms with Crippen molar-refractivity contribution in [3.05, 3.63) is 23.3 Å². The fourth-order valence-electron chi connectivity index (χ4n) is 1.42. The average Bonchev–Trinajstić information content (AvgIpc) is 2.28. The molecule has 0 bridgehead atoms. The van der Waals surface area contributed by atoms with Gasteiger partial charge in [-0.2, -0.15) is 0 Å².